The minimum absolute atomic E-state index is 0.135. The summed E-state index contributed by atoms with van der Waals surface area (Å²) < 4.78 is 5.79. The number of benzene rings is 1. The van der Waals surface area contributed by atoms with Gasteiger partial charge in [0.15, 0.2) is 0 Å². The molecule has 1 nitrogen and oxygen atoms in total. The highest BCUT2D eigenvalue weighted by molar-refractivity contribution is 5.28. The van der Waals surface area contributed by atoms with E-state index in [-0.39, 0.29) is 5.60 Å². The van der Waals surface area contributed by atoms with Gasteiger partial charge in [-0.2, -0.15) is 0 Å². The summed E-state index contributed by atoms with van der Waals surface area (Å²) in [6, 6.07) is 9.18. The fourth-order valence-electron chi connectivity index (χ4n) is 1.50. The van der Waals surface area contributed by atoms with Crippen molar-refractivity contribution >= 4 is 0 Å². The summed E-state index contributed by atoms with van der Waals surface area (Å²) in [5.74, 6) is 1.59. The quantitative estimate of drug-likeness (QED) is 0.728. The van der Waals surface area contributed by atoms with Crippen molar-refractivity contribution in [3.8, 4) is 5.75 Å². The lowest BCUT2D eigenvalue weighted by Gasteiger charge is -2.21. The molecule has 0 fully saturated rings. The molecule has 1 heteroatoms. The van der Waals surface area contributed by atoms with E-state index in [0.717, 1.165) is 12.2 Å². The molecule has 1 radical (unpaired) electrons. The number of ether oxygens (including phenoxy) is 1. The van der Waals surface area contributed by atoms with Crippen LogP contribution in [0.25, 0.3) is 0 Å². The molecule has 1 aromatic rings. The second-order valence-electron chi connectivity index (χ2n) is 5.39. The van der Waals surface area contributed by atoms with Gasteiger partial charge in [-0.25, -0.2) is 0 Å². The van der Waals surface area contributed by atoms with E-state index in [1.807, 2.05) is 12.1 Å². The maximum Gasteiger partial charge on any atom is 0.120 e. The van der Waals surface area contributed by atoms with Gasteiger partial charge in [-0.1, -0.05) is 19.9 Å². The lowest BCUT2D eigenvalue weighted by atomic mass is 10.0. The first-order chi connectivity index (χ1) is 6.87. The van der Waals surface area contributed by atoms with Crippen molar-refractivity contribution in [2.75, 3.05) is 0 Å². The van der Waals surface area contributed by atoms with E-state index in [2.05, 4.69) is 46.8 Å². The van der Waals surface area contributed by atoms with Crippen molar-refractivity contribution in [3.05, 3.63) is 29.8 Å². The first-order valence-electron chi connectivity index (χ1n) is 5.56. The van der Waals surface area contributed by atoms with Crippen LogP contribution in [0.15, 0.2) is 18.2 Å². The van der Waals surface area contributed by atoms with E-state index in [1.165, 1.54) is 5.56 Å². The Labute approximate surface area is 93.5 Å². The highest BCUT2D eigenvalue weighted by Gasteiger charge is 2.11. The standard InChI is InChI=1S/C14H21O/c1-11(2)9-12-7-6-8-13(10-12)15-14(3,4)5/h7-8,10-11H,9H2,1-5H3. The van der Waals surface area contributed by atoms with Crippen LogP contribution >= 0.6 is 0 Å². The van der Waals surface area contributed by atoms with E-state index in [9.17, 15) is 0 Å². The Bertz CT molecular complexity index is 307. The number of rotatable bonds is 3. The van der Waals surface area contributed by atoms with E-state index >= 15 is 0 Å². The summed E-state index contributed by atoms with van der Waals surface area (Å²) in [5, 5.41) is 0. The largest absolute Gasteiger partial charge is 0.488 e. The molecule has 0 N–H and O–H groups in total. The third-order valence-corrected chi connectivity index (χ3v) is 1.89. The molecule has 0 saturated carbocycles. The van der Waals surface area contributed by atoms with Crippen molar-refractivity contribution in [2.24, 2.45) is 5.92 Å². The minimum atomic E-state index is -0.135. The predicted octanol–water partition coefficient (Wildman–Crippen LogP) is 3.86. The van der Waals surface area contributed by atoms with Crippen molar-refractivity contribution in [1.29, 1.82) is 0 Å². The zero-order chi connectivity index (χ0) is 11.5. The molecule has 0 atom stereocenters. The van der Waals surface area contributed by atoms with Gasteiger partial charge in [-0.05, 0) is 56.9 Å². The van der Waals surface area contributed by atoms with E-state index in [1.54, 1.807) is 0 Å². The zero-order valence-electron chi connectivity index (χ0n) is 10.4. The highest BCUT2D eigenvalue weighted by atomic mass is 16.5. The van der Waals surface area contributed by atoms with Crippen LogP contribution < -0.4 is 4.74 Å². The normalized spacial score (nSPS) is 11.9. The lowest BCUT2D eigenvalue weighted by Crippen LogP contribution is -2.22. The summed E-state index contributed by atoms with van der Waals surface area (Å²) in [6.07, 6.45) is 1.08. The third kappa shape index (κ3) is 4.87. The molecule has 15 heavy (non-hydrogen) atoms. The Balaban J connectivity index is 2.74. The molecule has 0 aliphatic heterocycles. The van der Waals surface area contributed by atoms with Crippen LogP contribution in [0, 0.1) is 12.0 Å². The average Bonchev–Trinajstić information content (AvgIpc) is 1.99. The van der Waals surface area contributed by atoms with Gasteiger partial charge in [0.25, 0.3) is 0 Å². The highest BCUT2D eigenvalue weighted by Crippen LogP contribution is 2.20. The van der Waals surface area contributed by atoms with Gasteiger partial charge >= 0.3 is 0 Å². The Morgan fingerprint density at radius 2 is 1.93 bits per heavy atom. The molecule has 0 aliphatic carbocycles. The maximum atomic E-state index is 5.79. The SMILES string of the molecule is CC(C)Cc1c[c]cc(OC(C)(C)C)c1. The molecule has 0 amide bonds. The van der Waals surface area contributed by atoms with Crippen molar-refractivity contribution in [1.82, 2.24) is 0 Å². The van der Waals surface area contributed by atoms with Crippen LogP contribution in [0.4, 0.5) is 0 Å². The van der Waals surface area contributed by atoms with E-state index in [4.69, 9.17) is 4.74 Å². The average molecular weight is 205 g/mol. The molecule has 1 rings (SSSR count). The van der Waals surface area contributed by atoms with Gasteiger partial charge in [-0.15, -0.1) is 0 Å². The first-order valence-corrected chi connectivity index (χ1v) is 5.56. The monoisotopic (exact) mass is 205 g/mol. The van der Waals surface area contributed by atoms with Gasteiger partial charge in [-0.3, -0.25) is 0 Å². The Morgan fingerprint density at radius 3 is 2.47 bits per heavy atom. The Morgan fingerprint density at radius 1 is 1.27 bits per heavy atom. The summed E-state index contributed by atoms with van der Waals surface area (Å²) in [6.45, 7) is 10.6. The van der Waals surface area contributed by atoms with E-state index < -0.39 is 0 Å². The molecule has 83 valence electrons. The van der Waals surface area contributed by atoms with E-state index in [0.29, 0.717) is 5.92 Å². The van der Waals surface area contributed by atoms with Gasteiger partial charge in [0.1, 0.15) is 11.4 Å². The minimum Gasteiger partial charge on any atom is -0.488 e. The second kappa shape index (κ2) is 4.69. The zero-order valence-corrected chi connectivity index (χ0v) is 10.4. The predicted molar refractivity (Wildman–Crippen MR) is 64.2 cm³/mol. The third-order valence-electron chi connectivity index (χ3n) is 1.89. The van der Waals surface area contributed by atoms with Gasteiger partial charge in [0.2, 0.25) is 0 Å². The fourth-order valence-corrected chi connectivity index (χ4v) is 1.50. The fraction of sp³-hybridized carbons (Fsp3) is 0.571. The number of hydrogen-bond donors (Lipinski definition) is 0. The second-order valence-corrected chi connectivity index (χ2v) is 5.39. The summed E-state index contributed by atoms with van der Waals surface area (Å²) in [5.41, 5.74) is 1.16. The molecule has 0 unspecified atom stereocenters. The van der Waals surface area contributed by atoms with Crippen molar-refractivity contribution in [3.63, 3.8) is 0 Å². The molecular weight excluding hydrogens is 184 g/mol. The summed E-state index contributed by atoms with van der Waals surface area (Å²) >= 11 is 0. The van der Waals surface area contributed by atoms with Gasteiger partial charge in [0, 0.05) is 0 Å². The molecule has 0 aliphatic rings. The molecule has 1 aromatic carbocycles. The van der Waals surface area contributed by atoms with Crippen LogP contribution in [0.2, 0.25) is 0 Å². The van der Waals surface area contributed by atoms with Crippen molar-refractivity contribution < 1.29 is 4.74 Å². The summed E-state index contributed by atoms with van der Waals surface area (Å²) in [4.78, 5) is 0. The summed E-state index contributed by atoms with van der Waals surface area (Å²) in [7, 11) is 0. The smallest absolute Gasteiger partial charge is 0.120 e. The van der Waals surface area contributed by atoms with Crippen molar-refractivity contribution in [2.45, 2.75) is 46.6 Å². The van der Waals surface area contributed by atoms with Gasteiger partial charge in [0.05, 0.1) is 0 Å². The number of hydrogen-bond acceptors (Lipinski definition) is 1. The molecule has 0 bridgehead atoms. The maximum absolute atomic E-state index is 5.79. The van der Waals surface area contributed by atoms with Crippen LogP contribution in [-0.4, -0.2) is 5.60 Å². The Kier molecular flexibility index (Phi) is 3.78. The van der Waals surface area contributed by atoms with Crippen LogP contribution in [0.5, 0.6) is 5.75 Å². The topological polar surface area (TPSA) is 9.23 Å². The Hall–Kier alpha value is -0.980. The molecular formula is C14H21O. The van der Waals surface area contributed by atoms with Crippen LogP contribution in [0.3, 0.4) is 0 Å². The van der Waals surface area contributed by atoms with Crippen LogP contribution in [-0.2, 0) is 6.42 Å². The molecule has 0 saturated heterocycles. The van der Waals surface area contributed by atoms with Crippen LogP contribution in [0.1, 0.15) is 40.2 Å². The molecule has 0 spiro atoms. The molecule has 0 heterocycles. The lowest BCUT2D eigenvalue weighted by molar-refractivity contribution is 0.131. The van der Waals surface area contributed by atoms with Gasteiger partial charge < -0.3 is 4.74 Å². The first kappa shape index (κ1) is 12.1. The molecule has 0 aromatic heterocycles.